The van der Waals surface area contributed by atoms with Gasteiger partial charge in [-0.3, -0.25) is 4.79 Å². The number of nitrogens with one attached hydrogen (secondary N) is 1. The number of anilines is 1. The molecule has 25 heavy (non-hydrogen) atoms. The minimum Gasteiger partial charge on any atom is -0.478 e. The topological polar surface area (TPSA) is 106 Å². The highest BCUT2D eigenvalue weighted by Crippen LogP contribution is 2.16. The van der Waals surface area contributed by atoms with Crippen molar-refractivity contribution in [1.29, 1.82) is 0 Å². The van der Waals surface area contributed by atoms with Gasteiger partial charge in [0.1, 0.15) is 5.15 Å². The van der Waals surface area contributed by atoms with Crippen LogP contribution in [0.15, 0.2) is 42.6 Å². The van der Waals surface area contributed by atoms with Crippen molar-refractivity contribution in [3.8, 4) is 0 Å². The predicted octanol–water partition coefficient (Wildman–Crippen LogP) is 3.01. The number of benzene rings is 1. The van der Waals surface area contributed by atoms with E-state index in [-0.39, 0.29) is 22.7 Å². The van der Waals surface area contributed by atoms with Gasteiger partial charge in [0.05, 0.1) is 11.1 Å². The molecule has 1 heterocycles. The van der Waals surface area contributed by atoms with Crippen molar-refractivity contribution in [2.24, 2.45) is 0 Å². The Kier molecular flexibility index (Phi) is 6.08. The van der Waals surface area contributed by atoms with Gasteiger partial charge in [0.25, 0.3) is 5.91 Å². The first-order valence-corrected chi connectivity index (χ1v) is 7.76. The monoisotopic (exact) mass is 362 g/mol. The van der Waals surface area contributed by atoms with E-state index in [4.69, 9.17) is 21.4 Å². The highest BCUT2D eigenvalue weighted by atomic mass is 35.5. The quantitative estimate of drug-likeness (QED) is 0.604. The molecule has 0 saturated carbocycles. The molecule has 0 aliphatic heterocycles. The summed E-state index contributed by atoms with van der Waals surface area (Å²) in [5, 5.41) is 11.5. The van der Waals surface area contributed by atoms with Crippen LogP contribution in [-0.4, -0.2) is 34.0 Å². The van der Waals surface area contributed by atoms with Crippen molar-refractivity contribution >= 4 is 35.1 Å². The average molecular weight is 363 g/mol. The smallest absolute Gasteiger partial charge is 0.342 e. The van der Waals surface area contributed by atoms with Gasteiger partial charge < -0.3 is 15.2 Å². The molecule has 2 aromatic rings. The van der Waals surface area contributed by atoms with Crippen molar-refractivity contribution in [2.45, 2.75) is 19.4 Å². The van der Waals surface area contributed by atoms with Crippen LogP contribution in [0.25, 0.3) is 0 Å². The molecule has 1 amide bonds. The Morgan fingerprint density at radius 2 is 2.04 bits per heavy atom. The third kappa shape index (κ3) is 4.77. The number of hydrogen-bond acceptors (Lipinski definition) is 5. The summed E-state index contributed by atoms with van der Waals surface area (Å²) in [5.41, 5.74) is 0.382. The average Bonchev–Trinajstić information content (AvgIpc) is 2.59. The maximum atomic E-state index is 12.3. The van der Waals surface area contributed by atoms with Gasteiger partial charge in [0, 0.05) is 11.9 Å². The molecule has 0 aliphatic rings. The molecule has 0 aliphatic carbocycles. The number of hydrogen-bond donors (Lipinski definition) is 2. The SMILES string of the molecule is CCC(OC(=O)c1cccnc1Cl)C(=O)Nc1cccc(C(=O)O)c1. The Morgan fingerprint density at radius 1 is 1.28 bits per heavy atom. The number of carbonyl (C=O) groups excluding carboxylic acids is 2. The van der Waals surface area contributed by atoms with E-state index < -0.39 is 23.9 Å². The van der Waals surface area contributed by atoms with E-state index in [0.29, 0.717) is 5.69 Å². The van der Waals surface area contributed by atoms with Gasteiger partial charge in [-0.2, -0.15) is 0 Å². The van der Waals surface area contributed by atoms with Gasteiger partial charge in [-0.05, 0) is 36.8 Å². The molecule has 1 unspecified atom stereocenters. The molecule has 7 nitrogen and oxygen atoms in total. The second-order valence-electron chi connectivity index (χ2n) is 5.02. The summed E-state index contributed by atoms with van der Waals surface area (Å²) in [4.78, 5) is 39.2. The fourth-order valence-corrected chi connectivity index (χ4v) is 2.20. The minimum absolute atomic E-state index is 0.0167. The fraction of sp³-hybridized carbons (Fsp3) is 0.176. The van der Waals surface area contributed by atoms with Gasteiger partial charge in [0.15, 0.2) is 6.10 Å². The van der Waals surface area contributed by atoms with Crippen LogP contribution in [0.3, 0.4) is 0 Å². The van der Waals surface area contributed by atoms with Gasteiger partial charge in [-0.15, -0.1) is 0 Å². The van der Waals surface area contributed by atoms with Crippen molar-refractivity contribution in [3.05, 3.63) is 58.9 Å². The van der Waals surface area contributed by atoms with Crippen LogP contribution in [0.4, 0.5) is 5.69 Å². The molecule has 1 atom stereocenters. The number of carbonyl (C=O) groups is 3. The van der Waals surface area contributed by atoms with E-state index >= 15 is 0 Å². The Hall–Kier alpha value is -2.93. The molecule has 0 spiro atoms. The third-order valence-electron chi connectivity index (χ3n) is 3.27. The van der Waals surface area contributed by atoms with Crippen LogP contribution < -0.4 is 5.32 Å². The second kappa shape index (κ2) is 8.25. The van der Waals surface area contributed by atoms with Crippen LogP contribution in [0, 0.1) is 0 Å². The first-order chi connectivity index (χ1) is 11.9. The number of carboxylic acids is 1. The first-order valence-electron chi connectivity index (χ1n) is 7.38. The zero-order chi connectivity index (χ0) is 18.4. The Morgan fingerprint density at radius 3 is 2.68 bits per heavy atom. The molecule has 130 valence electrons. The largest absolute Gasteiger partial charge is 0.478 e. The zero-order valence-electron chi connectivity index (χ0n) is 13.2. The summed E-state index contributed by atoms with van der Waals surface area (Å²) in [7, 11) is 0. The van der Waals surface area contributed by atoms with Crippen LogP contribution >= 0.6 is 11.6 Å². The Labute approximate surface area is 148 Å². The number of rotatable bonds is 6. The maximum absolute atomic E-state index is 12.3. The molecule has 2 rings (SSSR count). The fourth-order valence-electron chi connectivity index (χ4n) is 2.01. The Balaban J connectivity index is 2.08. The lowest BCUT2D eigenvalue weighted by Crippen LogP contribution is -2.32. The molecule has 0 saturated heterocycles. The summed E-state index contributed by atoms with van der Waals surface area (Å²) < 4.78 is 5.19. The van der Waals surface area contributed by atoms with Crippen LogP contribution in [0.2, 0.25) is 5.15 Å². The predicted molar refractivity (Wildman–Crippen MR) is 90.8 cm³/mol. The minimum atomic E-state index is -1.11. The normalized spacial score (nSPS) is 11.4. The van der Waals surface area contributed by atoms with Gasteiger partial charge in [-0.1, -0.05) is 24.6 Å². The number of aromatic carboxylic acids is 1. The highest BCUT2D eigenvalue weighted by Gasteiger charge is 2.23. The molecule has 2 N–H and O–H groups in total. The molecular weight excluding hydrogens is 348 g/mol. The third-order valence-corrected chi connectivity index (χ3v) is 3.57. The van der Waals surface area contributed by atoms with Crippen molar-refractivity contribution in [3.63, 3.8) is 0 Å². The lowest BCUT2D eigenvalue weighted by molar-refractivity contribution is -0.124. The van der Waals surface area contributed by atoms with Crippen LogP contribution in [0.5, 0.6) is 0 Å². The molecule has 1 aromatic carbocycles. The van der Waals surface area contributed by atoms with E-state index in [1.165, 1.54) is 42.6 Å². The van der Waals surface area contributed by atoms with Crippen molar-refractivity contribution < 1.29 is 24.2 Å². The van der Waals surface area contributed by atoms with Gasteiger partial charge in [-0.25, -0.2) is 14.6 Å². The highest BCUT2D eigenvalue weighted by molar-refractivity contribution is 6.32. The van der Waals surface area contributed by atoms with E-state index in [0.717, 1.165) is 0 Å². The number of aromatic nitrogens is 1. The van der Waals surface area contributed by atoms with Gasteiger partial charge >= 0.3 is 11.9 Å². The molecule has 1 aromatic heterocycles. The summed E-state index contributed by atoms with van der Waals surface area (Å²) in [6.07, 6.45) is 0.601. The van der Waals surface area contributed by atoms with E-state index in [1.807, 2.05) is 0 Å². The summed E-state index contributed by atoms with van der Waals surface area (Å²) in [6, 6.07) is 8.73. The standard InChI is InChI=1S/C17H15ClN2O5/c1-2-13(25-17(24)12-7-4-8-19-14(12)18)15(21)20-11-6-3-5-10(9-11)16(22)23/h3-9,13H,2H2,1H3,(H,20,21)(H,22,23). The summed E-state index contributed by atoms with van der Waals surface area (Å²) >= 11 is 5.83. The lowest BCUT2D eigenvalue weighted by atomic mass is 10.2. The summed E-state index contributed by atoms with van der Waals surface area (Å²) in [6.45, 7) is 1.68. The summed E-state index contributed by atoms with van der Waals surface area (Å²) in [5.74, 6) is -2.45. The molecule has 0 bridgehead atoms. The molecular formula is C17H15ClN2O5. The van der Waals surface area contributed by atoms with Crippen LogP contribution in [0.1, 0.15) is 34.1 Å². The number of ether oxygens (including phenoxy) is 1. The van der Waals surface area contributed by atoms with E-state index in [2.05, 4.69) is 10.3 Å². The van der Waals surface area contributed by atoms with E-state index in [9.17, 15) is 14.4 Å². The Bertz CT molecular complexity index is 809. The van der Waals surface area contributed by atoms with E-state index in [1.54, 1.807) is 6.92 Å². The first kappa shape index (κ1) is 18.4. The molecule has 0 radical (unpaired) electrons. The van der Waals surface area contributed by atoms with Crippen molar-refractivity contribution in [1.82, 2.24) is 4.98 Å². The van der Waals surface area contributed by atoms with Crippen molar-refractivity contribution in [2.75, 3.05) is 5.32 Å². The lowest BCUT2D eigenvalue weighted by Gasteiger charge is -2.16. The number of esters is 1. The number of halogens is 1. The second-order valence-corrected chi connectivity index (χ2v) is 5.38. The molecule has 0 fully saturated rings. The molecule has 8 heteroatoms. The number of pyridine rings is 1. The van der Waals surface area contributed by atoms with Gasteiger partial charge in [0.2, 0.25) is 0 Å². The zero-order valence-corrected chi connectivity index (χ0v) is 14.0. The maximum Gasteiger partial charge on any atom is 0.342 e. The number of carboxylic acid groups (broad SMARTS) is 1. The van der Waals surface area contributed by atoms with Crippen LogP contribution in [-0.2, 0) is 9.53 Å². The number of amides is 1. The number of nitrogens with zero attached hydrogens (tertiary/aromatic N) is 1.